The van der Waals surface area contributed by atoms with Gasteiger partial charge in [-0.05, 0) is 21.0 Å². The lowest BCUT2D eigenvalue weighted by Gasteiger charge is -2.20. The minimum absolute atomic E-state index is 0.271. The maximum atomic E-state index is 5.32. The highest BCUT2D eigenvalue weighted by Gasteiger charge is 2.10. The molecular formula is C10H21N7O. The van der Waals surface area contributed by atoms with Gasteiger partial charge >= 0.3 is 6.01 Å². The van der Waals surface area contributed by atoms with Crippen molar-refractivity contribution in [2.45, 2.75) is 6.92 Å². The third-order valence-electron chi connectivity index (χ3n) is 2.23. The van der Waals surface area contributed by atoms with Gasteiger partial charge in [-0.25, -0.2) is 5.84 Å². The average Bonchev–Trinajstić information content (AvgIpc) is 2.35. The fourth-order valence-corrected chi connectivity index (χ4v) is 1.22. The van der Waals surface area contributed by atoms with Crippen LogP contribution in [0.25, 0.3) is 0 Å². The van der Waals surface area contributed by atoms with E-state index in [-0.39, 0.29) is 6.01 Å². The van der Waals surface area contributed by atoms with Crippen LogP contribution in [0.3, 0.4) is 0 Å². The maximum absolute atomic E-state index is 5.32. The first-order chi connectivity index (χ1) is 8.56. The van der Waals surface area contributed by atoms with Gasteiger partial charge in [0.25, 0.3) is 0 Å². The zero-order valence-electron chi connectivity index (χ0n) is 11.3. The number of ether oxygens (including phenoxy) is 1. The summed E-state index contributed by atoms with van der Waals surface area (Å²) in [6, 6.07) is 0.271. The van der Waals surface area contributed by atoms with E-state index in [0.717, 1.165) is 13.1 Å². The van der Waals surface area contributed by atoms with Gasteiger partial charge in [-0.2, -0.15) is 15.0 Å². The zero-order chi connectivity index (χ0) is 13.5. The molecule has 0 saturated carbocycles. The van der Waals surface area contributed by atoms with Crippen molar-refractivity contribution in [1.82, 2.24) is 19.9 Å². The number of nitrogens with two attached hydrogens (primary N) is 1. The van der Waals surface area contributed by atoms with Gasteiger partial charge in [0.05, 0.1) is 6.61 Å². The smallest absolute Gasteiger partial charge is 0.323 e. The van der Waals surface area contributed by atoms with E-state index in [1.807, 2.05) is 33.0 Å². The molecule has 1 heterocycles. The molecule has 1 aromatic heterocycles. The first-order valence-corrected chi connectivity index (χ1v) is 5.78. The second-order valence-corrected chi connectivity index (χ2v) is 4.04. The van der Waals surface area contributed by atoms with Crippen LogP contribution in [0.4, 0.5) is 11.9 Å². The molecule has 0 radical (unpaired) electrons. The molecule has 0 atom stereocenters. The Hall–Kier alpha value is -1.67. The number of nitrogens with zero attached hydrogens (tertiary/aromatic N) is 5. The van der Waals surface area contributed by atoms with Crippen molar-refractivity contribution < 1.29 is 4.74 Å². The third-order valence-corrected chi connectivity index (χ3v) is 2.23. The fourth-order valence-electron chi connectivity index (χ4n) is 1.22. The second kappa shape index (κ2) is 6.92. The molecule has 0 aliphatic heterocycles. The standard InChI is InChI=1S/C10H21N7O/c1-5-18-10-13-8(15-11)12-9(14-10)17(4)7-6-16(2)3/h5-7,11H2,1-4H3,(H,12,13,14,15). The zero-order valence-corrected chi connectivity index (χ0v) is 11.3. The molecule has 0 spiro atoms. The van der Waals surface area contributed by atoms with Crippen molar-refractivity contribution in [1.29, 1.82) is 0 Å². The van der Waals surface area contributed by atoms with Crippen LogP contribution in [0.5, 0.6) is 6.01 Å². The van der Waals surface area contributed by atoms with Crippen molar-refractivity contribution in [2.24, 2.45) is 5.84 Å². The molecule has 0 aliphatic rings. The summed E-state index contributed by atoms with van der Waals surface area (Å²) in [6.07, 6.45) is 0. The van der Waals surface area contributed by atoms with Crippen LogP contribution in [0.1, 0.15) is 6.92 Å². The van der Waals surface area contributed by atoms with E-state index in [1.54, 1.807) is 0 Å². The molecule has 18 heavy (non-hydrogen) atoms. The first-order valence-electron chi connectivity index (χ1n) is 5.78. The van der Waals surface area contributed by atoms with Crippen molar-refractivity contribution in [3.8, 4) is 6.01 Å². The molecule has 0 amide bonds. The van der Waals surface area contributed by atoms with Crippen molar-refractivity contribution in [3.05, 3.63) is 0 Å². The Bertz CT molecular complexity index is 371. The molecule has 3 N–H and O–H groups in total. The Morgan fingerprint density at radius 2 is 1.89 bits per heavy atom. The normalized spacial score (nSPS) is 10.6. The summed E-state index contributed by atoms with van der Waals surface area (Å²) in [5.74, 6) is 6.14. The van der Waals surface area contributed by atoms with Gasteiger partial charge in [0.15, 0.2) is 0 Å². The summed E-state index contributed by atoms with van der Waals surface area (Å²) >= 11 is 0. The van der Waals surface area contributed by atoms with Crippen LogP contribution in [0.2, 0.25) is 0 Å². The fraction of sp³-hybridized carbons (Fsp3) is 0.700. The minimum atomic E-state index is 0.271. The van der Waals surface area contributed by atoms with Crippen LogP contribution in [0, 0.1) is 0 Å². The van der Waals surface area contributed by atoms with Gasteiger partial charge in [-0.15, -0.1) is 0 Å². The van der Waals surface area contributed by atoms with Crippen LogP contribution in [-0.4, -0.2) is 60.7 Å². The van der Waals surface area contributed by atoms with Crippen LogP contribution < -0.4 is 20.9 Å². The molecule has 102 valence electrons. The van der Waals surface area contributed by atoms with E-state index in [2.05, 4.69) is 25.3 Å². The van der Waals surface area contributed by atoms with E-state index < -0.39 is 0 Å². The Kier molecular flexibility index (Phi) is 5.53. The molecule has 0 aliphatic carbocycles. The van der Waals surface area contributed by atoms with Crippen molar-refractivity contribution >= 4 is 11.9 Å². The Morgan fingerprint density at radius 3 is 2.44 bits per heavy atom. The topological polar surface area (TPSA) is 92.4 Å². The summed E-state index contributed by atoms with van der Waals surface area (Å²) < 4.78 is 5.27. The van der Waals surface area contributed by atoms with E-state index in [9.17, 15) is 0 Å². The first kappa shape index (κ1) is 14.4. The number of hydrazine groups is 1. The molecule has 1 rings (SSSR count). The van der Waals surface area contributed by atoms with Gasteiger partial charge in [-0.3, -0.25) is 5.43 Å². The molecular weight excluding hydrogens is 234 g/mol. The summed E-state index contributed by atoms with van der Waals surface area (Å²) in [6.45, 7) is 4.06. The van der Waals surface area contributed by atoms with Gasteiger partial charge < -0.3 is 14.5 Å². The Labute approximate surface area is 107 Å². The van der Waals surface area contributed by atoms with Crippen molar-refractivity contribution in [3.63, 3.8) is 0 Å². The highest BCUT2D eigenvalue weighted by atomic mass is 16.5. The van der Waals surface area contributed by atoms with E-state index in [4.69, 9.17) is 10.6 Å². The van der Waals surface area contributed by atoms with Crippen molar-refractivity contribution in [2.75, 3.05) is 51.2 Å². The number of likely N-dealkylation sites (N-methyl/N-ethyl adjacent to an activating group) is 2. The number of aromatic nitrogens is 3. The maximum Gasteiger partial charge on any atom is 0.323 e. The molecule has 8 nitrogen and oxygen atoms in total. The average molecular weight is 255 g/mol. The Morgan fingerprint density at radius 1 is 1.17 bits per heavy atom. The summed E-state index contributed by atoms with van der Waals surface area (Å²) in [7, 11) is 5.94. The number of nitrogen functional groups attached to an aromatic ring is 1. The molecule has 0 aromatic carbocycles. The summed E-state index contributed by atoms with van der Waals surface area (Å²) in [5, 5.41) is 0. The summed E-state index contributed by atoms with van der Waals surface area (Å²) in [4.78, 5) is 16.4. The molecule has 0 saturated heterocycles. The van der Waals surface area contributed by atoms with Gasteiger partial charge in [0, 0.05) is 20.1 Å². The molecule has 8 heteroatoms. The lowest BCUT2D eigenvalue weighted by molar-refractivity contribution is 0.312. The predicted molar refractivity (Wildman–Crippen MR) is 70.6 cm³/mol. The third kappa shape index (κ3) is 4.30. The van der Waals surface area contributed by atoms with Gasteiger partial charge in [-0.1, -0.05) is 0 Å². The van der Waals surface area contributed by atoms with Gasteiger partial charge in [0.2, 0.25) is 11.9 Å². The summed E-state index contributed by atoms with van der Waals surface area (Å²) in [5.41, 5.74) is 2.41. The van der Waals surface area contributed by atoms with E-state index in [0.29, 0.717) is 18.5 Å². The molecule has 0 bridgehead atoms. The van der Waals surface area contributed by atoms with Crippen LogP contribution in [0.15, 0.2) is 0 Å². The van der Waals surface area contributed by atoms with Gasteiger partial charge in [0.1, 0.15) is 0 Å². The number of hydrogen-bond acceptors (Lipinski definition) is 8. The van der Waals surface area contributed by atoms with Crippen LogP contribution >= 0.6 is 0 Å². The highest BCUT2D eigenvalue weighted by molar-refractivity contribution is 5.36. The van der Waals surface area contributed by atoms with Crippen LogP contribution in [-0.2, 0) is 0 Å². The number of hydrogen-bond donors (Lipinski definition) is 2. The second-order valence-electron chi connectivity index (χ2n) is 4.04. The SMILES string of the molecule is CCOc1nc(NN)nc(N(C)CCN(C)C)n1. The number of rotatable bonds is 7. The molecule has 0 fully saturated rings. The number of anilines is 2. The lowest BCUT2D eigenvalue weighted by Crippen LogP contribution is -2.30. The predicted octanol–water partition coefficient (Wildman–Crippen LogP) is -0.446. The molecule has 1 aromatic rings. The monoisotopic (exact) mass is 255 g/mol. The van der Waals surface area contributed by atoms with E-state index in [1.165, 1.54) is 0 Å². The lowest BCUT2D eigenvalue weighted by atomic mass is 10.5. The minimum Gasteiger partial charge on any atom is -0.464 e. The largest absolute Gasteiger partial charge is 0.464 e. The molecule has 0 unspecified atom stereocenters. The highest BCUT2D eigenvalue weighted by Crippen LogP contribution is 2.13. The van der Waals surface area contributed by atoms with E-state index >= 15 is 0 Å². The Balaban J connectivity index is 2.82. The number of nitrogens with one attached hydrogen (secondary N) is 1. The quantitative estimate of drug-likeness (QED) is 0.500.